The van der Waals surface area contributed by atoms with E-state index in [1.807, 2.05) is 6.07 Å². The number of halogens is 2. The summed E-state index contributed by atoms with van der Waals surface area (Å²) in [6.07, 6.45) is 1.36. The number of carbonyl (C=O) groups excluding carboxylic acids is 1. The molecular formula is C8H2BrClN2O. The van der Waals surface area contributed by atoms with Crippen LogP contribution in [-0.2, 0) is 4.79 Å². The van der Waals surface area contributed by atoms with E-state index in [-0.39, 0.29) is 5.69 Å². The van der Waals surface area contributed by atoms with Crippen LogP contribution >= 0.6 is 27.5 Å². The second kappa shape index (κ2) is 4.20. The third-order valence-electron chi connectivity index (χ3n) is 1.32. The quantitative estimate of drug-likeness (QED) is 0.574. The Kier molecular flexibility index (Phi) is 3.21. The number of isocyanates is 1. The maximum Gasteiger partial charge on any atom is 0.240 e. The first kappa shape index (κ1) is 9.94. The Morgan fingerprint density at radius 2 is 2.23 bits per heavy atom. The summed E-state index contributed by atoms with van der Waals surface area (Å²) >= 11 is 8.87. The summed E-state index contributed by atoms with van der Waals surface area (Å²) in [5.74, 6) is 0. The highest BCUT2D eigenvalue weighted by atomic mass is 79.9. The van der Waals surface area contributed by atoms with Crippen LogP contribution in [0.1, 0.15) is 5.56 Å². The third kappa shape index (κ3) is 2.16. The average Bonchev–Trinajstić information content (AvgIpc) is 2.10. The maximum absolute atomic E-state index is 9.97. The van der Waals surface area contributed by atoms with Crippen molar-refractivity contribution in [3.63, 3.8) is 0 Å². The van der Waals surface area contributed by atoms with Crippen molar-refractivity contribution < 1.29 is 4.79 Å². The molecule has 0 saturated heterocycles. The molecule has 13 heavy (non-hydrogen) atoms. The van der Waals surface area contributed by atoms with Crippen molar-refractivity contribution in [3.05, 3.63) is 27.2 Å². The Morgan fingerprint density at radius 3 is 2.77 bits per heavy atom. The van der Waals surface area contributed by atoms with Crippen LogP contribution in [0.2, 0.25) is 5.02 Å². The molecule has 0 aliphatic carbocycles. The normalized spacial score (nSPS) is 8.69. The van der Waals surface area contributed by atoms with Crippen molar-refractivity contribution in [1.29, 1.82) is 5.26 Å². The molecule has 0 amide bonds. The molecule has 0 aliphatic heterocycles. The van der Waals surface area contributed by atoms with Gasteiger partial charge in [0, 0.05) is 4.47 Å². The minimum atomic E-state index is 0.247. The van der Waals surface area contributed by atoms with Gasteiger partial charge in [-0.05, 0) is 28.1 Å². The maximum atomic E-state index is 9.97. The van der Waals surface area contributed by atoms with E-state index < -0.39 is 0 Å². The van der Waals surface area contributed by atoms with Gasteiger partial charge in [-0.1, -0.05) is 11.6 Å². The lowest BCUT2D eigenvalue weighted by Crippen LogP contribution is -1.78. The van der Waals surface area contributed by atoms with E-state index >= 15 is 0 Å². The van der Waals surface area contributed by atoms with Gasteiger partial charge in [-0.3, -0.25) is 0 Å². The molecule has 0 heterocycles. The highest BCUT2D eigenvalue weighted by Crippen LogP contribution is 2.30. The largest absolute Gasteiger partial charge is 0.240 e. The lowest BCUT2D eigenvalue weighted by Gasteiger charge is -1.98. The molecule has 0 bridgehead atoms. The number of hydrogen-bond acceptors (Lipinski definition) is 3. The fourth-order valence-corrected chi connectivity index (χ4v) is 1.53. The van der Waals surface area contributed by atoms with Crippen LogP contribution in [0.5, 0.6) is 0 Å². The molecule has 0 aromatic heterocycles. The second-order valence-corrected chi connectivity index (χ2v) is 3.36. The van der Waals surface area contributed by atoms with Crippen molar-refractivity contribution in [2.24, 2.45) is 4.99 Å². The van der Waals surface area contributed by atoms with Crippen molar-refractivity contribution >= 4 is 39.3 Å². The first-order valence-corrected chi connectivity index (χ1v) is 4.33. The molecule has 3 nitrogen and oxygen atoms in total. The monoisotopic (exact) mass is 256 g/mol. The van der Waals surface area contributed by atoms with Crippen LogP contribution in [0, 0.1) is 11.3 Å². The predicted octanol–water partition coefficient (Wildman–Crippen LogP) is 2.94. The molecule has 0 unspecified atom stereocenters. The highest BCUT2D eigenvalue weighted by Gasteiger charge is 2.05. The van der Waals surface area contributed by atoms with E-state index in [9.17, 15) is 4.79 Å². The average molecular weight is 257 g/mol. The molecule has 1 aromatic carbocycles. The van der Waals surface area contributed by atoms with Crippen LogP contribution in [0.3, 0.4) is 0 Å². The van der Waals surface area contributed by atoms with Gasteiger partial charge in [0.25, 0.3) is 0 Å². The topological polar surface area (TPSA) is 53.2 Å². The number of rotatable bonds is 1. The molecule has 1 aromatic rings. The van der Waals surface area contributed by atoms with Crippen LogP contribution in [0.15, 0.2) is 21.6 Å². The Bertz CT molecular complexity index is 433. The molecule has 1 rings (SSSR count). The molecular weight excluding hydrogens is 255 g/mol. The molecule has 0 saturated carbocycles. The Balaban J connectivity index is 3.40. The molecule has 5 heteroatoms. The molecule has 0 fully saturated rings. The zero-order valence-corrected chi connectivity index (χ0v) is 8.56. The first-order valence-electron chi connectivity index (χ1n) is 3.16. The van der Waals surface area contributed by atoms with Gasteiger partial charge in [0.05, 0.1) is 16.3 Å². The van der Waals surface area contributed by atoms with Crippen molar-refractivity contribution in [1.82, 2.24) is 0 Å². The lowest BCUT2D eigenvalue weighted by atomic mass is 10.2. The zero-order valence-electron chi connectivity index (χ0n) is 6.21. The summed E-state index contributed by atoms with van der Waals surface area (Å²) in [6.45, 7) is 0. The number of benzene rings is 1. The molecule has 0 radical (unpaired) electrons. The fraction of sp³-hybridized carbons (Fsp3) is 0. The molecule has 64 valence electrons. The van der Waals surface area contributed by atoms with Gasteiger partial charge in [0.15, 0.2) is 0 Å². The van der Waals surface area contributed by atoms with E-state index in [1.165, 1.54) is 18.2 Å². The van der Waals surface area contributed by atoms with Gasteiger partial charge in [-0.2, -0.15) is 10.3 Å². The fourth-order valence-electron chi connectivity index (χ4n) is 0.758. The SMILES string of the molecule is N#Cc1cc(N=C=O)c(Cl)cc1Br. The summed E-state index contributed by atoms with van der Waals surface area (Å²) in [5, 5.41) is 8.94. The van der Waals surface area contributed by atoms with Crippen molar-refractivity contribution in [2.75, 3.05) is 0 Å². The molecule has 0 spiro atoms. The van der Waals surface area contributed by atoms with Gasteiger partial charge in [-0.25, -0.2) is 4.79 Å². The van der Waals surface area contributed by atoms with Crippen molar-refractivity contribution in [3.8, 4) is 6.07 Å². The minimum absolute atomic E-state index is 0.247. The van der Waals surface area contributed by atoms with Gasteiger partial charge in [0.2, 0.25) is 6.08 Å². The minimum Gasteiger partial charge on any atom is -0.211 e. The summed E-state index contributed by atoms with van der Waals surface area (Å²) in [4.78, 5) is 13.3. The van der Waals surface area contributed by atoms with Crippen LogP contribution in [0.25, 0.3) is 0 Å². The predicted molar refractivity (Wildman–Crippen MR) is 51.6 cm³/mol. The Morgan fingerprint density at radius 1 is 1.54 bits per heavy atom. The van der Waals surface area contributed by atoms with Crippen LogP contribution in [-0.4, -0.2) is 6.08 Å². The lowest BCUT2D eigenvalue weighted by molar-refractivity contribution is 0.565. The first-order chi connectivity index (χ1) is 6.19. The summed E-state index contributed by atoms with van der Waals surface area (Å²) < 4.78 is 0.574. The zero-order chi connectivity index (χ0) is 9.84. The van der Waals surface area contributed by atoms with Gasteiger partial charge in [-0.15, -0.1) is 0 Å². The van der Waals surface area contributed by atoms with Crippen LogP contribution < -0.4 is 0 Å². The third-order valence-corrected chi connectivity index (χ3v) is 2.28. The van der Waals surface area contributed by atoms with E-state index in [0.29, 0.717) is 15.1 Å². The Labute approximate surface area is 87.8 Å². The highest BCUT2D eigenvalue weighted by molar-refractivity contribution is 9.10. The Hall–Kier alpha value is -1.14. The molecule has 0 aliphatic rings. The smallest absolute Gasteiger partial charge is 0.211 e. The molecule has 0 atom stereocenters. The number of nitrogens with zero attached hydrogens (tertiary/aromatic N) is 2. The van der Waals surface area contributed by atoms with Gasteiger partial charge in [0.1, 0.15) is 6.07 Å². The van der Waals surface area contributed by atoms with Gasteiger partial charge >= 0.3 is 0 Å². The standard InChI is InChI=1S/C8H2BrClN2O/c9-6-2-7(10)8(12-4-13)1-5(6)3-11/h1-2H. The van der Waals surface area contributed by atoms with Crippen LogP contribution in [0.4, 0.5) is 5.69 Å². The summed E-state index contributed by atoms with van der Waals surface area (Å²) in [5.41, 5.74) is 0.620. The summed E-state index contributed by atoms with van der Waals surface area (Å²) in [7, 11) is 0. The molecule has 0 N–H and O–H groups in total. The van der Waals surface area contributed by atoms with Crippen molar-refractivity contribution in [2.45, 2.75) is 0 Å². The number of nitriles is 1. The summed E-state index contributed by atoms with van der Waals surface area (Å²) in [6, 6.07) is 4.85. The number of hydrogen-bond donors (Lipinski definition) is 0. The van der Waals surface area contributed by atoms with E-state index in [2.05, 4.69) is 20.9 Å². The van der Waals surface area contributed by atoms with E-state index in [4.69, 9.17) is 16.9 Å². The second-order valence-electron chi connectivity index (χ2n) is 2.10. The van der Waals surface area contributed by atoms with E-state index in [1.54, 1.807) is 0 Å². The van der Waals surface area contributed by atoms with E-state index in [0.717, 1.165) is 0 Å². The van der Waals surface area contributed by atoms with Gasteiger partial charge < -0.3 is 0 Å². The number of aliphatic imine (C=N–C) groups is 1.